The normalized spacial score (nSPS) is 13.0. The zero-order valence-corrected chi connectivity index (χ0v) is 12.3. The number of hydrogen-bond donors (Lipinski definition) is 0. The molecular weight excluding hydrogens is 248 g/mol. The summed E-state index contributed by atoms with van der Waals surface area (Å²) in [5.74, 6) is 0.972. The van der Waals surface area contributed by atoms with Crippen LogP contribution >= 0.6 is 15.9 Å². The lowest BCUT2D eigenvalue weighted by molar-refractivity contribution is 0.430. The number of alkyl halides is 1. The summed E-state index contributed by atoms with van der Waals surface area (Å²) in [6.07, 6.45) is 14.3. The largest absolute Gasteiger partial charge is 0.0928 e. The Bertz CT molecular complexity index is 112. The van der Waals surface area contributed by atoms with Gasteiger partial charge in [-0.25, -0.2) is 0 Å². The van der Waals surface area contributed by atoms with E-state index in [1.54, 1.807) is 0 Å². The summed E-state index contributed by atoms with van der Waals surface area (Å²) in [6.45, 7) is 4.61. The second-order valence-electron chi connectivity index (χ2n) is 4.66. The zero-order valence-electron chi connectivity index (χ0n) is 10.7. The second kappa shape index (κ2) is 12.5. The van der Waals surface area contributed by atoms with Crippen molar-refractivity contribution in [2.24, 2.45) is 5.92 Å². The Labute approximate surface area is 105 Å². The van der Waals surface area contributed by atoms with E-state index in [1.807, 2.05) is 0 Å². The van der Waals surface area contributed by atoms with Gasteiger partial charge < -0.3 is 0 Å². The van der Waals surface area contributed by atoms with Gasteiger partial charge in [-0.1, -0.05) is 87.6 Å². The number of hydrogen-bond acceptors (Lipinski definition) is 0. The van der Waals surface area contributed by atoms with E-state index in [9.17, 15) is 0 Å². The van der Waals surface area contributed by atoms with E-state index in [0.29, 0.717) is 0 Å². The first-order valence-corrected chi connectivity index (χ1v) is 8.03. The molecule has 1 atom stereocenters. The SMILES string of the molecule is CCCCCCCCCC(CC)CCBr. The fourth-order valence-electron chi connectivity index (χ4n) is 2.10. The molecule has 0 fully saturated rings. The Balaban J connectivity index is 3.14. The lowest BCUT2D eigenvalue weighted by atomic mass is 9.95. The standard InChI is InChI=1S/C14H29Br/c1-3-5-6-7-8-9-10-11-14(4-2)12-13-15/h14H,3-13H2,1-2H3. The monoisotopic (exact) mass is 276 g/mol. The van der Waals surface area contributed by atoms with Gasteiger partial charge in [-0.15, -0.1) is 0 Å². The Kier molecular flexibility index (Phi) is 13.0. The highest BCUT2D eigenvalue weighted by Crippen LogP contribution is 2.19. The van der Waals surface area contributed by atoms with Gasteiger partial charge in [-0.05, 0) is 12.3 Å². The van der Waals surface area contributed by atoms with Crippen molar-refractivity contribution < 1.29 is 0 Å². The van der Waals surface area contributed by atoms with Crippen LogP contribution in [0.15, 0.2) is 0 Å². The van der Waals surface area contributed by atoms with Crippen LogP contribution in [0.1, 0.15) is 78.1 Å². The average molecular weight is 277 g/mol. The average Bonchev–Trinajstić information content (AvgIpc) is 2.26. The van der Waals surface area contributed by atoms with Crippen molar-refractivity contribution in [1.29, 1.82) is 0 Å². The third kappa shape index (κ3) is 10.8. The van der Waals surface area contributed by atoms with Crippen LogP contribution in [0.25, 0.3) is 0 Å². The minimum atomic E-state index is 0.972. The molecule has 0 nitrogen and oxygen atoms in total. The van der Waals surface area contributed by atoms with Gasteiger partial charge in [0.2, 0.25) is 0 Å². The highest BCUT2D eigenvalue weighted by Gasteiger charge is 2.04. The number of unbranched alkanes of at least 4 members (excludes halogenated alkanes) is 6. The lowest BCUT2D eigenvalue weighted by Gasteiger charge is -2.12. The summed E-state index contributed by atoms with van der Waals surface area (Å²) in [5, 5.41) is 1.18. The van der Waals surface area contributed by atoms with Gasteiger partial charge in [0.05, 0.1) is 0 Å². The molecule has 0 saturated heterocycles. The molecule has 1 heteroatoms. The van der Waals surface area contributed by atoms with Crippen molar-refractivity contribution in [3.8, 4) is 0 Å². The highest BCUT2D eigenvalue weighted by molar-refractivity contribution is 9.09. The van der Waals surface area contributed by atoms with Gasteiger partial charge >= 0.3 is 0 Å². The molecule has 0 saturated carbocycles. The van der Waals surface area contributed by atoms with E-state index in [1.165, 1.54) is 69.5 Å². The van der Waals surface area contributed by atoms with Crippen molar-refractivity contribution in [3.05, 3.63) is 0 Å². The first-order valence-electron chi connectivity index (χ1n) is 6.91. The second-order valence-corrected chi connectivity index (χ2v) is 5.45. The van der Waals surface area contributed by atoms with E-state index in [0.717, 1.165) is 5.92 Å². The Hall–Kier alpha value is 0.480. The molecule has 0 bridgehead atoms. The van der Waals surface area contributed by atoms with Crippen LogP contribution in [0.5, 0.6) is 0 Å². The molecule has 0 aliphatic heterocycles. The molecule has 0 aromatic heterocycles. The summed E-state index contributed by atoms with van der Waals surface area (Å²) >= 11 is 3.54. The van der Waals surface area contributed by atoms with Crippen LogP contribution in [0.3, 0.4) is 0 Å². The summed E-state index contributed by atoms with van der Waals surface area (Å²) in [4.78, 5) is 0. The maximum Gasteiger partial charge on any atom is 0.00339 e. The summed E-state index contributed by atoms with van der Waals surface area (Å²) in [6, 6.07) is 0. The molecule has 0 aliphatic carbocycles. The maximum absolute atomic E-state index is 3.54. The topological polar surface area (TPSA) is 0 Å². The fourth-order valence-corrected chi connectivity index (χ4v) is 2.74. The fraction of sp³-hybridized carbons (Fsp3) is 1.00. The van der Waals surface area contributed by atoms with Gasteiger partial charge in [0.15, 0.2) is 0 Å². The molecule has 0 aromatic carbocycles. The maximum atomic E-state index is 3.54. The molecule has 0 spiro atoms. The van der Waals surface area contributed by atoms with E-state index in [4.69, 9.17) is 0 Å². The summed E-state index contributed by atoms with van der Waals surface area (Å²) in [5.41, 5.74) is 0. The van der Waals surface area contributed by atoms with Gasteiger partial charge in [-0.2, -0.15) is 0 Å². The molecule has 92 valence electrons. The third-order valence-corrected chi connectivity index (χ3v) is 3.77. The van der Waals surface area contributed by atoms with Crippen LogP contribution in [0.2, 0.25) is 0 Å². The van der Waals surface area contributed by atoms with Gasteiger partial charge in [-0.3, -0.25) is 0 Å². The van der Waals surface area contributed by atoms with Crippen molar-refractivity contribution in [2.45, 2.75) is 78.1 Å². The molecule has 0 rings (SSSR count). The first-order chi connectivity index (χ1) is 7.35. The first kappa shape index (κ1) is 15.5. The molecular formula is C14H29Br. The number of halogens is 1. The lowest BCUT2D eigenvalue weighted by Crippen LogP contribution is -1.99. The van der Waals surface area contributed by atoms with Crippen molar-refractivity contribution in [2.75, 3.05) is 5.33 Å². The minimum absolute atomic E-state index is 0.972. The van der Waals surface area contributed by atoms with Crippen LogP contribution in [-0.2, 0) is 0 Å². The summed E-state index contributed by atoms with van der Waals surface area (Å²) < 4.78 is 0. The molecule has 0 amide bonds. The van der Waals surface area contributed by atoms with Gasteiger partial charge in [0.1, 0.15) is 0 Å². The van der Waals surface area contributed by atoms with Crippen molar-refractivity contribution in [1.82, 2.24) is 0 Å². The van der Waals surface area contributed by atoms with E-state index in [2.05, 4.69) is 29.8 Å². The van der Waals surface area contributed by atoms with Crippen LogP contribution in [0, 0.1) is 5.92 Å². The Morgan fingerprint density at radius 1 is 0.800 bits per heavy atom. The molecule has 0 aromatic rings. The molecule has 15 heavy (non-hydrogen) atoms. The Morgan fingerprint density at radius 2 is 1.40 bits per heavy atom. The van der Waals surface area contributed by atoms with E-state index in [-0.39, 0.29) is 0 Å². The van der Waals surface area contributed by atoms with E-state index >= 15 is 0 Å². The van der Waals surface area contributed by atoms with Crippen LogP contribution in [0.4, 0.5) is 0 Å². The van der Waals surface area contributed by atoms with Crippen LogP contribution in [-0.4, -0.2) is 5.33 Å². The van der Waals surface area contributed by atoms with Crippen molar-refractivity contribution in [3.63, 3.8) is 0 Å². The van der Waals surface area contributed by atoms with Crippen LogP contribution < -0.4 is 0 Å². The van der Waals surface area contributed by atoms with Gasteiger partial charge in [0, 0.05) is 5.33 Å². The highest BCUT2D eigenvalue weighted by atomic mass is 79.9. The number of rotatable bonds is 11. The minimum Gasteiger partial charge on any atom is -0.0928 e. The zero-order chi connectivity index (χ0) is 11.4. The molecule has 0 aliphatic rings. The summed E-state index contributed by atoms with van der Waals surface area (Å²) in [7, 11) is 0. The molecule has 0 heterocycles. The van der Waals surface area contributed by atoms with Gasteiger partial charge in [0.25, 0.3) is 0 Å². The quantitative estimate of drug-likeness (QED) is 0.324. The Morgan fingerprint density at radius 3 is 1.93 bits per heavy atom. The van der Waals surface area contributed by atoms with E-state index < -0.39 is 0 Å². The molecule has 0 N–H and O–H groups in total. The van der Waals surface area contributed by atoms with Crippen molar-refractivity contribution >= 4 is 15.9 Å². The molecule has 1 unspecified atom stereocenters. The third-order valence-electron chi connectivity index (χ3n) is 3.31. The smallest absolute Gasteiger partial charge is 0.00339 e. The predicted octanol–water partition coefficient (Wildman–Crippen LogP) is 5.94. The molecule has 0 radical (unpaired) electrons. The predicted molar refractivity (Wildman–Crippen MR) is 74.8 cm³/mol.